The van der Waals surface area contributed by atoms with E-state index in [1.54, 1.807) is 13.3 Å². The van der Waals surface area contributed by atoms with Gasteiger partial charge in [-0.1, -0.05) is 17.3 Å². The van der Waals surface area contributed by atoms with Gasteiger partial charge in [0.2, 0.25) is 0 Å². The summed E-state index contributed by atoms with van der Waals surface area (Å²) in [6.45, 7) is 0.891. The Kier molecular flexibility index (Phi) is 3.72. The van der Waals surface area contributed by atoms with Gasteiger partial charge in [0.05, 0.1) is 19.0 Å². The molecule has 90 valence electrons. The lowest BCUT2D eigenvalue weighted by Crippen LogP contribution is -2.13. The van der Waals surface area contributed by atoms with Gasteiger partial charge >= 0.3 is 0 Å². The third-order valence-electron chi connectivity index (χ3n) is 2.56. The SMILES string of the molecule is CNCCc1cnnn1-c1ccccc1OC. The number of hydrogen-bond acceptors (Lipinski definition) is 4. The standard InChI is InChI=1S/C12H16N4O/c1-13-8-7-10-9-14-15-16(10)11-5-3-4-6-12(11)17-2/h3-6,9,13H,7-8H2,1-2H3. The summed E-state index contributed by atoms with van der Waals surface area (Å²) in [5.41, 5.74) is 1.97. The molecule has 0 aliphatic rings. The van der Waals surface area contributed by atoms with Crippen molar-refractivity contribution in [2.75, 3.05) is 20.7 Å². The van der Waals surface area contributed by atoms with Gasteiger partial charge in [0, 0.05) is 13.0 Å². The normalized spacial score (nSPS) is 10.5. The fourth-order valence-electron chi connectivity index (χ4n) is 1.69. The zero-order chi connectivity index (χ0) is 12.1. The lowest BCUT2D eigenvalue weighted by atomic mass is 10.2. The predicted octanol–water partition coefficient (Wildman–Crippen LogP) is 1.04. The average Bonchev–Trinajstić information content (AvgIpc) is 2.84. The maximum Gasteiger partial charge on any atom is 0.144 e. The third-order valence-corrected chi connectivity index (χ3v) is 2.56. The molecule has 0 bridgehead atoms. The van der Waals surface area contributed by atoms with E-state index in [-0.39, 0.29) is 0 Å². The summed E-state index contributed by atoms with van der Waals surface area (Å²) in [5, 5.41) is 11.2. The largest absolute Gasteiger partial charge is 0.494 e. The highest BCUT2D eigenvalue weighted by Gasteiger charge is 2.09. The fourth-order valence-corrected chi connectivity index (χ4v) is 1.69. The van der Waals surface area contributed by atoms with E-state index in [4.69, 9.17) is 4.74 Å². The van der Waals surface area contributed by atoms with E-state index >= 15 is 0 Å². The highest BCUT2D eigenvalue weighted by Crippen LogP contribution is 2.22. The van der Waals surface area contributed by atoms with Gasteiger partial charge in [0.25, 0.3) is 0 Å². The van der Waals surface area contributed by atoms with Crippen LogP contribution in [0.1, 0.15) is 5.69 Å². The number of rotatable bonds is 5. The smallest absolute Gasteiger partial charge is 0.144 e. The highest BCUT2D eigenvalue weighted by molar-refractivity contribution is 5.46. The maximum absolute atomic E-state index is 5.32. The Morgan fingerprint density at radius 3 is 2.94 bits per heavy atom. The molecule has 5 heteroatoms. The molecule has 0 saturated carbocycles. The second kappa shape index (κ2) is 5.45. The number of nitrogens with one attached hydrogen (secondary N) is 1. The molecule has 0 aliphatic heterocycles. The summed E-state index contributed by atoms with van der Waals surface area (Å²) < 4.78 is 7.14. The van der Waals surface area contributed by atoms with Gasteiger partial charge in [-0.2, -0.15) is 0 Å². The lowest BCUT2D eigenvalue weighted by molar-refractivity contribution is 0.411. The summed E-state index contributed by atoms with van der Waals surface area (Å²) in [6.07, 6.45) is 2.66. The first-order valence-electron chi connectivity index (χ1n) is 5.54. The molecule has 1 aromatic carbocycles. The number of nitrogens with zero attached hydrogens (tertiary/aromatic N) is 3. The number of likely N-dealkylation sites (N-methyl/N-ethyl adjacent to an activating group) is 1. The van der Waals surface area contributed by atoms with Gasteiger partial charge in [-0.25, -0.2) is 4.68 Å². The first kappa shape index (κ1) is 11.6. The van der Waals surface area contributed by atoms with Gasteiger partial charge in [-0.05, 0) is 19.2 Å². The van der Waals surface area contributed by atoms with Crippen LogP contribution in [0.3, 0.4) is 0 Å². The van der Waals surface area contributed by atoms with Crippen LogP contribution in [0.5, 0.6) is 5.75 Å². The summed E-state index contributed by atoms with van der Waals surface area (Å²) in [4.78, 5) is 0. The van der Waals surface area contributed by atoms with E-state index in [0.717, 1.165) is 30.1 Å². The minimum Gasteiger partial charge on any atom is -0.494 e. The molecule has 0 saturated heterocycles. The molecule has 5 nitrogen and oxygen atoms in total. The second-order valence-corrected chi connectivity index (χ2v) is 3.66. The van der Waals surface area contributed by atoms with Crippen LogP contribution >= 0.6 is 0 Å². The zero-order valence-electron chi connectivity index (χ0n) is 10.1. The molecule has 0 aliphatic carbocycles. The predicted molar refractivity (Wildman–Crippen MR) is 65.5 cm³/mol. The molecule has 1 N–H and O–H groups in total. The average molecular weight is 232 g/mol. The van der Waals surface area contributed by atoms with Gasteiger partial charge in [-0.15, -0.1) is 5.10 Å². The van der Waals surface area contributed by atoms with E-state index in [1.807, 2.05) is 36.0 Å². The Morgan fingerprint density at radius 1 is 1.35 bits per heavy atom. The van der Waals surface area contributed by atoms with Crippen molar-refractivity contribution in [3.8, 4) is 11.4 Å². The number of benzene rings is 1. The van der Waals surface area contributed by atoms with Gasteiger partial charge in [-0.3, -0.25) is 0 Å². The Hall–Kier alpha value is -1.88. The van der Waals surface area contributed by atoms with Crippen molar-refractivity contribution >= 4 is 0 Å². The molecule has 1 aromatic heterocycles. The Bertz CT molecular complexity index is 481. The van der Waals surface area contributed by atoms with E-state index in [0.29, 0.717) is 0 Å². The molecule has 0 unspecified atom stereocenters. The molecule has 0 fully saturated rings. The van der Waals surface area contributed by atoms with Crippen molar-refractivity contribution in [3.05, 3.63) is 36.2 Å². The summed E-state index contributed by atoms with van der Waals surface area (Å²) in [7, 11) is 3.58. The monoisotopic (exact) mass is 232 g/mol. The van der Waals surface area contributed by atoms with Crippen molar-refractivity contribution in [1.29, 1.82) is 0 Å². The van der Waals surface area contributed by atoms with Crippen molar-refractivity contribution in [2.45, 2.75) is 6.42 Å². The molecule has 2 rings (SSSR count). The molecular formula is C12H16N4O. The quantitative estimate of drug-likeness (QED) is 0.836. The topological polar surface area (TPSA) is 52.0 Å². The summed E-state index contributed by atoms with van der Waals surface area (Å²) >= 11 is 0. The minimum absolute atomic E-state index is 0.795. The van der Waals surface area contributed by atoms with Crippen molar-refractivity contribution in [2.24, 2.45) is 0 Å². The minimum atomic E-state index is 0.795. The third kappa shape index (κ3) is 2.45. The molecule has 0 radical (unpaired) electrons. The van der Waals surface area contributed by atoms with E-state index in [9.17, 15) is 0 Å². The van der Waals surface area contributed by atoms with Crippen molar-refractivity contribution < 1.29 is 4.74 Å². The van der Waals surface area contributed by atoms with Crippen LogP contribution in [0.4, 0.5) is 0 Å². The van der Waals surface area contributed by atoms with Crippen LogP contribution in [0.15, 0.2) is 30.5 Å². The van der Waals surface area contributed by atoms with Crippen LogP contribution in [-0.4, -0.2) is 35.7 Å². The number of hydrogen-bond donors (Lipinski definition) is 1. The molecule has 1 heterocycles. The first-order valence-corrected chi connectivity index (χ1v) is 5.54. The number of ether oxygens (including phenoxy) is 1. The highest BCUT2D eigenvalue weighted by atomic mass is 16.5. The van der Waals surface area contributed by atoms with E-state index < -0.39 is 0 Å². The summed E-state index contributed by atoms with van der Waals surface area (Å²) in [5.74, 6) is 0.795. The number of methoxy groups -OCH3 is 1. The van der Waals surface area contributed by atoms with E-state index in [2.05, 4.69) is 15.6 Å². The molecular weight excluding hydrogens is 216 g/mol. The molecule has 0 amide bonds. The van der Waals surface area contributed by atoms with Crippen LogP contribution in [0.25, 0.3) is 5.69 Å². The lowest BCUT2D eigenvalue weighted by Gasteiger charge is -2.10. The van der Waals surface area contributed by atoms with Crippen LogP contribution in [0.2, 0.25) is 0 Å². The molecule has 0 atom stereocenters. The van der Waals surface area contributed by atoms with Crippen molar-refractivity contribution in [1.82, 2.24) is 20.3 Å². The maximum atomic E-state index is 5.32. The molecule has 0 spiro atoms. The molecule has 17 heavy (non-hydrogen) atoms. The Morgan fingerprint density at radius 2 is 2.18 bits per heavy atom. The Labute approximate surface area is 100 Å². The number of para-hydroxylation sites is 2. The first-order chi connectivity index (χ1) is 8.36. The van der Waals surface area contributed by atoms with Gasteiger partial charge in [0.1, 0.15) is 11.4 Å². The zero-order valence-corrected chi connectivity index (χ0v) is 10.1. The summed E-state index contributed by atoms with van der Waals surface area (Å²) in [6, 6.07) is 7.78. The van der Waals surface area contributed by atoms with Crippen LogP contribution in [-0.2, 0) is 6.42 Å². The van der Waals surface area contributed by atoms with Crippen molar-refractivity contribution in [3.63, 3.8) is 0 Å². The molecule has 2 aromatic rings. The van der Waals surface area contributed by atoms with Gasteiger partial charge in [0.15, 0.2) is 0 Å². The number of aromatic nitrogens is 3. The van der Waals surface area contributed by atoms with Crippen LogP contribution in [0, 0.1) is 0 Å². The second-order valence-electron chi connectivity index (χ2n) is 3.66. The van der Waals surface area contributed by atoms with Crippen LogP contribution < -0.4 is 10.1 Å². The fraction of sp³-hybridized carbons (Fsp3) is 0.333. The van der Waals surface area contributed by atoms with Gasteiger partial charge < -0.3 is 10.1 Å². The van der Waals surface area contributed by atoms with E-state index in [1.165, 1.54) is 0 Å². The Balaban J connectivity index is 2.35.